The Bertz CT molecular complexity index is 273. The third kappa shape index (κ3) is 1.46. The first-order valence-corrected chi connectivity index (χ1v) is 3.53. The van der Waals surface area contributed by atoms with Crippen LogP contribution >= 0.6 is 11.6 Å². The zero-order chi connectivity index (χ0) is 8.43. The lowest BCUT2D eigenvalue weighted by atomic mass is 10.2. The van der Waals surface area contributed by atoms with E-state index < -0.39 is 5.82 Å². The maximum absolute atomic E-state index is 12.7. The molecule has 0 spiro atoms. The highest BCUT2D eigenvalue weighted by atomic mass is 35.5. The second-order valence-corrected chi connectivity index (χ2v) is 2.57. The van der Waals surface area contributed by atoms with Crippen molar-refractivity contribution in [2.75, 3.05) is 7.11 Å². The fraction of sp³-hybridized carbons (Fsp3) is 0.250. The summed E-state index contributed by atoms with van der Waals surface area (Å²) in [7, 11) is 1.52. The molecule has 0 aliphatic rings. The van der Waals surface area contributed by atoms with E-state index in [-0.39, 0.29) is 5.02 Å². The van der Waals surface area contributed by atoms with Crippen LogP contribution in [0.25, 0.3) is 0 Å². The van der Waals surface area contributed by atoms with Crippen LogP contribution in [0.3, 0.4) is 0 Å². The van der Waals surface area contributed by atoms with Crippen LogP contribution in [0, 0.1) is 12.7 Å². The Hall–Kier alpha value is -0.760. The molecule has 0 unspecified atom stereocenters. The van der Waals surface area contributed by atoms with E-state index in [1.165, 1.54) is 13.2 Å². The molecule has 0 N–H and O–H groups in total. The van der Waals surface area contributed by atoms with Crippen LogP contribution in [-0.2, 0) is 0 Å². The summed E-state index contributed by atoms with van der Waals surface area (Å²) >= 11 is 5.61. The van der Waals surface area contributed by atoms with E-state index in [1.807, 2.05) is 0 Å². The maximum atomic E-state index is 12.7. The second kappa shape index (κ2) is 3.09. The molecule has 0 saturated carbocycles. The highest BCUT2D eigenvalue weighted by Gasteiger charge is 2.06. The third-order valence-corrected chi connectivity index (χ3v) is 1.97. The summed E-state index contributed by atoms with van der Waals surface area (Å²) in [6.45, 7) is 1.71. The van der Waals surface area contributed by atoms with Gasteiger partial charge in [-0.15, -0.1) is 0 Å². The molecule has 0 saturated heterocycles. The minimum atomic E-state index is -0.412. The van der Waals surface area contributed by atoms with Gasteiger partial charge in [0, 0.05) is 5.56 Å². The Morgan fingerprint density at radius 1 is 1.45 bits per heavy atom. The van der Waals surface area contributed by atoms with E-state index in [9.17, 15) is 4.39 Å². The number of methoxy groups -OCH3 is 1. The van der Waals surface area contributed by atoms with Gasteiger partial charge < -0.3 is 4.74 Å². The number of rotatable bonds is 1. The van der Waals surface area contributed by atoms with Crippen LogP contribution in [0.15, 0.2) is 12.1 Å². The van der Waals surface area contributed by atoms with Crippen LogP contribution in [0.2, 0.25) is 5.02 Å². The molecule has 0 aliphatic carbocycles. The molecule has 3 heteroatoms. The van der Waals surface area contributed by atoms with E-state index in [1.54, 1.807) is 13.0 Å². The summed E-state index contributed by atoms with van der Waals surface area (Å²) in [5, 5.41) is 0.129. The lowest BCUT2D eigenvalue weighted by molar-refractivity contribution is 0.410. The summed E-state index contributed by atoms with van der Waals surface area (Å²) in [5.74, 6) is 0.196. The first-order chi connectivity index (χ1) is 5.16. The summed E-state index contributed by atoms with van der Waals surface area (Å²) in [4.78, 5) is 0. The van der Waals surface area contributed by atoms with Crippen molar-refractivity contribution in [2.24, 2.45) is 0 Å². The van der Waals surface area contributed by atoms with Crippen LogP contribution in [0.4, 0.5) is 4.39 Å². The van der Waals surface area contributed by atoms with E-state index in [2.05, 4.69) is 0 Å². The molecule has 0 fully saturated rings. The minimum absolute atomic E-state index is 0.129. The molecule has 1 nitrogen and oxygen atoms in total. The lowest BCUT2D eigenvalue weighted by Gasteiger charge is -2.05. The van der Waals surface area contributed by atoms with Gasteiger partial charge in [0.2, 0.25) is 0 Å². The highest BCUT2D eigenvalue weighted by Crippen LogP contribution is 2.27. The molecule has 1 aromatic rings. The normalized spacial score (nSPS) is 9.82. The van der Waals surface area contributed by atoms with Crippen LogP contribution < -0.4 is 4.74 Å². The molecule has 1 aromatic carbocycles. The van der Waals surface area contributed by atoms with E-state index in [0.717, 1.165) is 0 Å². The quantitative estimate of drug-likeness (QED) is 0.636. The highest BCUT2D eigenvalue weighted by molar-refractivity contribution is 6.31. The number of benzene rings is 1. The first kappa shape index (κ1) is 8.34. The molecule has 0 heterocycles. The summed E-state index contributed by atoms with van der Waals surface area (Å²) in [6.07, 6.45) is 0. The van der Waals surface area contributed by atoms with Crippen LogP contribution in [0.1, 0.15) is 5.56 Å². The molecule has 0 bridgehead atoms. The smallest absolute Gasteiger partial charge is 0.142 e. The number of hydrogen-bond acceptors (Lipinski definition) is 1. The fourth-order valence-electron chi connectivity index (χ4n) is 0.855. The first-order valence-electron chi connectivity index (χ1n) is 3.15. The molecule has 0 atom stereocenters. The predicted molar refractivity (Wildman–Crippen MR) is 42.7 cm³/mol. The Labute approximate surface area is 69.7 Å². The Balaban J connectivity index is 3.25. The van der Waals surface area contributed by atoms with Gasteiger partial charge in [0.25, 0.3) is 0 Å². The second-order valence-electron chi connectivity index (χ2n) is 2.19. The van der Waals surface area contributed by atoms with Gasteiger partial charge in [-0.05, 0) is 19.1 Å². The standard InChI is InChI=1S/C8H8ClFO/c1-5-7(11-2)4-3-6(10)8(5)9/h3-4H,1-2H3. The number of halogens is 2. The molecule has 11 heavy (non-hydrogen) atoms. The molecule has 0 amide bonds. The summed E-state index contributed by atoms with van der Waals surface area (Å²) < 4.78 is 17.6. The summed E-state index contributed by atoms with van der Waals surface area (Å²) in [5.41, 5.74) is 0.633. The average Bonchev–Trinajstić information content (AvgIpc) is 2.01. The van der Waals surface area contributed by atoms with Gasteiger partial charge in [-0.25, -0.2) is 4.39 Å². The van der Waals surface area contributed by atoms with Gasteiger partial charge in [-0.1, -0.05) is 11.6 Å². The van der Waals surface area contributed by atoms with Gasteiger partial charge in [0.15, 0.2) is 0 Å². The fourth-order valence-corrected chi connectivity index (χ4v) is 1.01. The monoisotopic (exact) mass is 174 g/mol. The Morgan fingerprint density at radius 2 is 2.09 bits per heavy atom. The van der Waals surface area contributed by atoms with E-state index in [0.29, 0.717) is 11.3 Å². The van der Waals surface area contributed by atoms with Crippen molar-refractivity contribution in [3.8, 4) is 5.75 Å². The zero-order valence-corrected chi connectivity index (χ0v) is 7.07. The predicted octanol–water partition coefficient (Wildman–Crippen LogP) is 2.80. The van der Waals surface area contributed by atoms with E-state index in [4.69, 9.17) is 16.3 Å². The van der Waals surface area contributed by atoms with Crippen molar-refractivity contribution in [3.05, 3.63) is 28.5 Å². The van der Waals surface area contributed by atoms with Crippen LogP contribution in [-0.4, -0.2) is 7.11 Å². The van der Waals surface area contributed by atoms with Crippen molar-refractivity contribution in [3.63, 3.8) is 0 Å². The maximum Gasteiger partial charge on any atom is 0.142 e. The molecule has 1 rings (SSSR count). The zero-order valence-electron chi connectivity index (χ0n) is 6.32. The topological polar surface area (TPSA) is 9.23 Å². The van der Waals surface area contributed by atoms with Crippen molar-refractivity contribution < 1.29 is 9.13 Å². The average molecular weight is 175 g/mol. The Morgan fingerprint density at radius 3 is 2.64 bits per heavy atom. The van der Waals surface area contributed by atoms with Crippen molar-refractivity contribution in [1.29, 1.82) is 0 Å². The van der Waals surface area contributed by atoms with Crippen molar-refractivity contribution in [1.82, 2.24) is 0 Å². The molecule has 0 radical (unpaired) electrons. The molecule has 60 valence electrons. The third-order valence-electron chi connectivity index (χ3n) is 1.51. The SMILES string of the molecule is COc1ccc(F)c(Cl)c1C. The molecule has 0 aliphatic heterocycles. The number of hydrogen-bond donors (Lipinski definition) is 0. The van der Waals surface area contributed by atoms with Gasteiger partial charge >= 0.3 is 0 Å². The Kier molecular flexibility index (Phi) is 2.35. The van der Waals surface area contributed by atoms with Gasteiger partial charge in [-0.3, -0.25) is 0 Å². The van der Waals surface area contributed by atoms with E-state index >= 15 is 0 Å². The largest absolute Gasteiger partial charge is 0.496 e. The summed E-state index contributed by atoms with van der Waals surface area (Å²) in [6, 6.07) is 2.84. The number of ether oxygens (including phenoxy) is 1. The van der Waals surface area contributed by atoms with Gasteiger partial charge in [0.1, 0.15) is 11.6 Å². The van der Waals surface area contributed by atoms with Gasteiger partial charge in [0.05, 0.1) is 12.1 Å². The molecular formula is C8H8ClFO. The van der Waals surface area contributed by atoms with Gasteiger partial charge in [-0.2, -0.15) is 0 Å². The molecule has 0 aromatic heterocycles. The van der Waals surface area contributed by atoms with Crippen molar-refractivity contribution >= 4 is 11.6 Å². The van der Waals surface area contributed by atoms with Crippen molar-refractivity contribution in [2.45, 2.75) is 6.92 Å². The lowest BCUT2D eigenvalue weighted by Crippen LogP contribution is -1.89. The minimum Gasteiger partial charge on any atom is -0.496 e. The molecular weight excluding hydrogens is 167 g/mol. The van der Waals surface area contributed by atoms with Crippen LogP contribution in [0.5, 0.6) is 5.75 Å².